The van der Waals surface area contributed by atoms with Crippen molar-refractivity contribution in [3.8, 4) is 0 Å². The van der Waals surface area contributed by atoms with Gasteiger partial charge in [-0.1, -0.05) is 19.9 Å². The van der Waals surface area contributed by atoms with E-state index in [4.69, 9.17) is 9.52 Å². The Labute approximate surface area is 110 Å². The van der Waals surface area contributed by atoms with Gasteiger partial charge in [0.1, 0.15) is 17.8 Å². The lowest BCUT2D eigenvalue weighted by Crippen LogP contribution is -1.99. The monoisotopic (exact) mass is 264 g/mol. The van der Waals surface area contributed by atoms with Crippen LogP contribution in [0.15, 0.2) is 27.5 Å². The fourth-order valence-corrected chi connectivity index (χ4v) is 2.70. The third-order valence-corrected chi connectivity index (χ3v) is 3.77. The summed E-state index contributed by atoms with van der Waals surface area (Å²) in [4.78, 5) is 11.8. The molecule has 0 amide bonds. The van der Waals surface area contributed by atoms with Crippen LogP contribution in [0.5, 0.6) is 0 Å². The molecule has 0 saturated carbocycles. The van der Waals surface area contributed by atoms with Gasteiger partial charge in [-0.3, -0.25) is 4.79 Å². The van der Waals surface area contributed by atoms with Crippen LogP contribution in [-0.2, 0) is 11.2 Å². The molecule has 2 aromatic rings. The minimum absolute atomic E-state index is 0.0676. The highest BCUT2D eigenvalue weighted by Gasteiger charge is 2.16. The Morgan fingerprint density at radius 1 is 1.44 bits per heavy atom. The molecule has 1 aromatic carbocycles. The fourth-order valence-electron chi connectivity index (χ4n) is 1.98. The standard InChI is InChI=1S/C14H16O3S/c1-8(2)9-4-5-11-10(6-9)14(18-3)12(17-11)7-13(15)16/h4-6,8H,7H2,1-3H3,(H,15,16). The Balaban J connectivity index is 2.58. The molecule has 0 atom stereocenters. The number of hydrogen-bond acceptors (Lipinski definition) is 3. The minimum atomic E-state index is -0.867. The quantitative estimate of drug-likeness (QED) is 0.851. The predicted molar refractivity (Wildman–Crippen MR) is 73.4 cm³/mol. The summed E-state index contributed by atoms with van der Waals surface area (Å²) in [6, 6.07) is 6.06. The summed E-state index contributed by atoms with van der Waals surface area (Å²) in [5.74, 6) is 0.126. The lowest BCUT2D eigenvalue weighted by atomic mass is 10.0. The molecule has 0 aliphatic rings. The molecule has 96 valence electrons. The molecule has 1 aromatic heterocycles. The number of hydrogen-bond donors (Lipinski definition) is 1. The molecule has 0 unspecified atom stereocenters. The molecule has 0 spiro atoms. The molecule has 1 N–H and O–H groups in total. The largest absolute Gasteiger partial charge is 0.481 e. The van der Waals surface area contributed by atoms with Gasteiger partial charge in [-0.15, -0.1) is 11.8 Å². The maximum atomic E-state index is 10.8. The number of rotatable bonds is 4. The van der Waals surface area contributed by atoms with Crippen molar-refractivity contribution in [1.29, 1.82) is 0 Å². The Kier molecular flexibility index (Phi) is 3.66. The van der Waals surface area contributed by atoms with Crippen molar-refractivity contribution in [2.75, 3.05) is 6.26 Å². The fraction of sp³-hybridized carbons (Fsp3) is 0.357. The Hall–Kier alpha value is -1.42. The van der Waals surface area contributed by atoms with Gasteiger partial charge in [0.15, 0.2) is 0 Å². The summed E-state index contributed by atoms with van der Waals surface area (Å²) in [7, 11) is 0. The van der Waals surface area contributed by atoms with Gasteiger partial charge in [0.25, 0.3) is 0 Å². The maximum Gasteiger partial charge on any atom is 0.311 e. The molecule has 0 aliphatic carbocycles. The number of carbonyl (C=O) groups is 1. The number of thioether (sulfide) groups is 1. The zero-order valence-corrected chi connectivity index (χ0v) is 11.5. The van der Waals surface area contributed by atoms with Crippen LogP contribution in [0.2, 0.25) is 0 Å². The summed E-state index contributed by atoms with van der Waals surface area (Å²) in [6.45, 7) is 4.27. The van der Waals surface area contributed by atoms with Crippen LogP contribution < -0.4 is 0 Å². The van der Waals surface area contributed by atoms with Gasteiger partial charge < -0.3 is 9.52 Å². The van der Waals surface area contributed by atoms with Crippen LogP contribution in [0.25, 0.3) is 11.0 Å². The zero-order valence-electron chi connectivity index (χ0n) is 10.7. The van der Waals surface area contributed by atoms with E-state index in [9.17, 15) is 4.79 Å². The molecule has 2 rings (SSSR count). The summed E-state index contributed by atoms with van der Waals surface area (Å²) in [5.41, 5.74) is 2.00. The van der Waals surface area contributed by atoms with E-state index < -0.39 is 5.97 Å². The van der Waals surface area contributed by atoms with E-state index >= 15 is 0 Å². The number of aliphatic carboxylic acids is 1. The Morgan fingerprint density at radius 3 is 2.72 bits per heavy atom. The van der Waals surface area contributed by atoms with Crippen molar-refractivity contribution in [3.05, 3.63) is 29.5 Å². The van der Waals surface area contributed by atoms with Crippen LogP contribution in [0.4, 0.5) is 0 Å². The third-order valence-electron chi connectivity index (χ3n) is 2.92. The Morgan fingerprint density at radius 2 is 2.17 bits per heavy atom. The van der Waals surface area contributed by atoms with Crippen LogP contribution in [0, 0.1) is 0 Å². The SMILES string of the molecule is CSc1c(CC(=O)O)oc2ccc(C(C)C)cc12. The Bertz CT molecular complexity index is 584. The van der Waals surface area contributed by atoms with Gasteiger partial charge in [-0.25, -0.2) is 0 Å². The van der Waals surface area contributed by atoms with Crippen LogP contribution in [0.3, 0.4) is 0 Å². The van der Waals surface area contributed by atoms with Gasteiger partial charge >= 0.3 is 5.97 Å². The summed E-state index contributed by atoms with van der Waals surface area (Å²) < 4.78 is 5.63. The van der Waals surface area contributed by atoms with E-state index in [2.05, 4.69) is 19.9 Å². The van der Waals surface area contributed by atoms with Crippen molar-refractivity contribution in [2.24, 2.45) is 0 Å². The number of benzene rings is 1. The molecule has 0 radical (unpaired) electrons. The van der Waals surface area contributed by atoms with Crippen molar-refractivity contribution >= 4 is 28.7 Å². The third kappa shape index (κ3) is 2.38. The van der Waals surface area contributed by atoms with Crippen molar-refractivity contribution in [1.82, 2.24) is 0 Å². The highest BCUT2D eigenvalue weighted by molar-refractivity contribution is 7.98. The van der Waals surface area contributed by atoms with Crippen LogP contribution >= 0.6 is 11.8 Å². The molecule has 0 saturated heterocycles. The molecule has 18 heavy (non-hydrogen) atoms. The van der Waals surface area contributed by atoms with Crippen molar-refractivity contribution in [3.63, 3.8) is 0 Å². The first-order valence-electron chi connectivity index (χ1n) is 5.84. The first-order valence-corrected chi connectivity index (χ1v) is 7.06. The average molecular weight is 264 g/mol. The lowest BCUT2D eigenvalue weighted by molar-refractivity contribution is -0.136. The lowest BCUT2D eigenvalue weighted by Gasteiger charge is -2.04. The van der Waals surface area contributed by atoms with Gasteiger partial charge in [0, 0.05) is 5.39 Å². The number of furan rings is 1. The second kappa shape index (κ2) is 5.06. The van der Waals surface area contributed by atoms with E-state index in [-0.39, 0.29) is 6.42 Å². The number of carboxylic acid groups (broad SMARTS) is 1. The second-order valence-corrected chi connectivity index (χ2v) is 5.36. The topological polar surface area (TPSA) is 50.4 Å². The molecule has 1 heterocycles. The molecule has 0 bridgehead atoms. The smallest absolute Gasteiger partial charge is 0.311 e. The summed E-state index contributed by atoms with van der Waals surface area (Å²) in [5, 5.41) is 9.90. The van der Waals surface area contributed by atoms with Crippen LogP contribution in [0.1, 0.15) is 31.1 Å². The van der Waals surface area contributed by atoms with Gasteiger partial charge in [-0.05, 0) is 29.9 Å². The van der Waals surface area contributed by atoms with Crippen molar-refractivity contribution < 1.29 is 14.3 Å². The predicted octanol–water partition coefficient (Wildman–Crippen LogP) is 3.91. The second-order valence-electron chi connectivity index (χ2n) is 4.54. The van der Waals surface area contributed by atoms with E-state index in [0.717, 1.165) is 15.9 Å². The van der Waals surface area contributed by atoms with E-state index in [1.165, 1.54) is 17.3 Å². The molecular formula is C14H16O3S. The highest BCUT2D eigenvalue weighted by Crippen LogP contribution is 2.35. The molecule has 0 aliphatic heterocycles. The normalized spacial score (nSPS) is 11.3. The van der Waals surface area contributed by atoms with E-state index in [1.807, 2.05) is 18.4 Å². The van der Waals surface area contributed by atoms with Gasteiger partial charge in [0.05, 0.1) is 4.90 Å². The molecule has 4 heteroatoms. The summed E-state index contributed by atoms with van der Waals surface area (Å²) >= 11 is 1.54. The van der Waals surface area contributed by atoms with Gasteiger partial charge in [-0.2, -0.15) is 0 Å². The van der Waals surface area contributed by atoms with Crippen molar-refractivity contribution in [2.45, 2.75) is 31.1 Å². The summed E-state index contributed by atoms with van der Waals surface area (Å²) in [6.07, 6.45) is 1.87. The minimum Gasteiger partial charge on any atom is -0.481 e. The average Bonchev–Trinajstić information content (AvgIpc) is 2.63. The van der Waals surface area contributed by atoms with Gasteiger partial charge in [0.2, 0.25) is 0 Å². The van der Waals surface area contributed by atoms with Crippen LogP contribution in [-0.4, -0.2) is 17.3 Å². The zero-order chi connectivity index (χ0) is 13.3. The molecule has 3 nitrogen and oxygen atoms in total. The van der Waals surface area contributed by atoms with E-state index in [1.54, 1.807) is 0 Å². The first-order chi connectivity index (χ1) is 8.52. The molecular weight excluding hydrogens is 248 g/mol. The first kappa shape index (κ1) is 13.0. The highest BCUT2D eigenvalue weighted by atomic mass is 32.2. The molecule has 0 fully saturated rings. The van der Waals surface area contributed by atoms with E-state index in [0.29, 0.717) is 11.7 Å². The number of fused-ring (bicyclic) bond motifs is 1. The maximum absolute atomic E-state index is 10.8. The number of carboxylic acids is 1.